The topological polar surface area (TPSA) is 21.7 Å². The molecule has 3 heteroatoms. The first kappa shape index (κ1) is 7.74. The van der Waals surface area contributed by atoms with Gasteiger partial charge in [0, 0.05) is 25.0 Å². The highest BCUT2D eigenvalue weighted by molar-refractivity contribution is 5.49. The molecule has 14 heavy (non-hydrogen) atoms. The van der Waals surface area contributed by atoms with Gasteiger partial charge in [0.05, 0.1) is 0 Å². The number of rotatable bonds is 0. The number of fused-ring (bicyclic) bond motifs is 2. The molecule has 1 aromatic carbocycles. The van der Waals surface area contributed by atoms with Crippen LogP contribution < -0.4 is 19.9 Å². The molecule has 0 spiro atoms. The lowest BCUT2D eigenvalue weighted by molar-refractivity contribution is 0.174. The monoisotopic (exact) mass is 189 g/mol. The van der Waals surface area contributed by atoms with Crippen LogP contribution in [0.3, 0.4) is 0 Å². The highest BCUT2D eigenvalue weighted by Gasteiger charge is 2.13. The third-order valence-electron chi connectivity index (χ3n) is 2.54. The molecule has 0 aromatic heterocycles. The van der Waals surface area contributed by atoms with Crippen LogP contribution in [0.15, 0.2) is 12.1 Å². The Labute approximate surface area is 81.9 Å². The first-order valence-electron chi connectivity index (χ1n) is 4.65. The maximum absolute atomic E-state index is 5.33. The average Bonchev–Trinajstić information content (AvgIpc) is 2.61. The lowest BCUT2D eigenvalue weighted by atomic mass is 10.2. The van der Waals surface area contributed by atoms with Gasteiger partial charge < -0.3 is 14.4 Å². The minimum atomic E-state index is 0.341. The van der Waals surface area contributed by atoms with Gasteiger partial charge in [0.2, 0.25) is 6.79 Å². The Morgan fingerprint density at radius 3 is 2.64 bits per heavy atom. The Morgan fingerprint density at radius 2 is 1.86 bits per heavy atom. The molecule has 3 rings (SSSR count). The van der Waals surface area contributed by atoms with Gasteiger partial charge in [-0.15, -0.1) is 0 Å². The van der Waals surface area contributed by atoms with Crippen LogP contribution in [0, 0.1) is 0 Å². The molecule has 0 radical (unpaired) electrons. The van der Waals surface area contributed by atoms with Crippen LogP contribution >= 0.6 is 0 Å². The van der Waals surface area contributed by atoms with Crippen LogP contribution in [0.5, 0.6) is 11.5 Å². The fourth-order valence-electron chi connectivity index (χ4n) is 1.79. The molecule has 2 aliphatic heterocycles. The predicted octanol–water partition coefficient (Wildman–Crippen LogP) is -0.121. The van der Waals surface area contributed by atoms with Gasteiger partial charge in [-0.25, -0.2) is 0 Å². The Kier molecular flexibility index (Phi) is 1.48. The highest BCUT2D eigenvalue weighted by Crippen LogP contribution is 2.28. The maximum Gasteiger partial charge on any atom is 0.231 e. The van der Waals surface area contributed by atoms with Gasteiger partial charge in [0.1, 0.15) is 0 Å². The fraction of sp³-hybridized carbons (Fsp3) is 0.273. The summed E-state index contributed by atoms with van der Waals surface area (Å²) in [4.78, 5) is 2.14. The van der Waals surface area contributed by atoms with Gasteiger partial charge in [-0.1, -0.05) is 6.08 Å². The van der Waals surface area contributed by atoms with Crippen molar-refractivity contribution in [1.82, 2.24) is 4.90 Å². The first-order chi connectivity index (χ1) is 6.83. The van der Waals surface area contributed by atoms with Crippen molar-refractivity contribution in [2.45, 2.75) is 0 Å². The molecular weight excluding hydrogens is 178 g/mol. The molecule has 1 aromatic rings. The van der Waals surface area contributed by atoms with Gasteiger partial charge in [0.25, 0.3) is 0 Å². The maximum atomic E-state index is 5.33. The molecular formula is C11H11NO2. The van der Waals surface area contributed by atoms with E-state index < -0.39 is 0 Å². The van der Waals surface area contributed by atoms with E-state index in [2.05, 4.69) is 24.2 Å². The average molecular weight is 189 g/mol. The summed E-state index contributed by atoms with van der Waals surface area (Å²) in [6.45, 7) is 1.29. The predicted molar refractivity (Wildman–Crippen MR) is 53.4 cm³/mol. The van der Waals surface area contributed by atoms with Crippen molar-refractivity contribution < 1.29 is 9.47 Å². The number of benzene rings is 1. The summed E-state index contributed by atoms with van der Waals surface area (Å²) in [5.74, 6) is 1.71. The second-order valence-electron chi connectivity index (χ2n) is 3.61. The molecule has 0 bridgehead atoms. The summed E-state index contributed by atoms with van der Waals surface area (Å²) in [5.41, 5.74) is 0. The van der Waals surface area contributed by atoms with Crippen LogP contribution in [-0.4, -0.2) is 25.3 Å². The summed E-state index contributed by atoms with van der Waals surface area (Å²) in [7, 11) is 2.06. The van der Waals surface area contributed by atoms with E-state index in [4.69, 9.17) is 9.47 Å². The zero-order valence-electron chi connectivity index (χ0n) is 7.99. The van der Waals surface area contributed by atoms with Crippen LogP contribution in [0.4, 0.5) is 0 Å². The molecule has 0 aliphatic carbocycles. The van der Waals surface area contributed by atoms with E-state index in [0.29, 0.717) is 6.79 Å². The largest absolute Gasteiger partial charge is 0.454 e. The smallest absolute Gasteiger partial charge is 0.231 e. The summed E-state index contributed by atoms with van der Waals surface area (Å²) in [6, 6.07) is 4.07. The van der Waals surface area contributed by atoms with Gasteiger partial charge in [-0.2, -0.15) is 0 Å². The minimum absolute atomic E-state index is 0.341. The molecule has 0 unspecified atom stereocenters. The van der Waals surface area contributed by atoms with Crippen LogP contribution in [0.25, 0.3) is 12.3 Å². The van der Waals surface area contributed by atoms with E-state index in [1.54, 1.807) is 0 Å². The summed E-state index contributed by atoms with van der Waals surface area (Å²) in [6.07, 6.45) is 4.31. The minimum Gasteiger partial charge on any atom is -0.454 e. The Hall–Kier alpha value is -1.64. The van der Waals surface area contributed by atoms with Crippen molar-refractivity contribution >= 4 is 12.3 Å². The van der Waals surface area contributed by atoms with Crippen molar-refractivity contribution in [3.05, 3.63) is 22.6 Å². The number of nitrogens with zero attached hydrogens (tertiary/aromatic N) is 1. The zero-order valence-corrected chi connectivity index (χ0v) is 7.99. The van der Waals surface area contributed by atoms with E-state index >= 15 is 0 Å². The fourth-order valence-corrected chi connectivity index (χ4v) is 1.79. The molecule has 0 fully saturated rings. The van der Waals surface area contributed by atoms with Crippen molar-refractivity contribution in [3.8, 4) is 11.5 Å². The molecule has 0 saturated carbocycles. The van der Waals surface area contributed by atoms with Gasteiger partial charge in [0.15, 0.2) is 11.5 Å². The summed E-state index contributed by atoms with van der Waals surface area (Å²) >= 11 is 0. The van der Waals surface area contributed by atoms with Gasteiger partial charge >= 0.3 is 0 Å². The molecule has 0 atom stereocenters. The van der Waals surface area contributed by atoms with Crippen LogP contribution in [0.1, 0.15) is 0 Å². The standard InChI is InChI=1S/C11H11NO2/c1-12-3-2-8-4-10-11(14-7-13-10)5-9(8)6-12/h2,4-6H,3,7H2,1H3. The Morgan fingerprint density at radius 1 is 1.14 bits per heavy atom. The van der Waals surface area contributed by atoms with Crippen molar-refractivity contribution in [1.29, 1.82) is 0 Å². The highest BCUT2D eigenvalue weighted by atomic mass is 16.7. The summed E-state index contributed by atoms with van der Waals surface area (Å²) < 4.78 is 10.6. The van der Waals surface area contributed by atoms with E-state index in [1.807, 2.05) is 12.1 Å². The third kappa shape index (κ3) is 1.05. The molecule has 0 N–H and O–H groups in total. The molecule has 0 saturated heterocycles. The van der Waals surface area contributed by atoms with Crippen molar-refractivity contribution in [2.75, 3.05) is 20.4 Å². The number of ether oxygens (including phenoxy) is 2. The second kappa shape index (κ2) is 2.67. The lowest BCUT2D eigenvalue weighted by Crippen LogP contribution is -2.33. The Balaban J connectivity index is 2.29. The molecule has 3 nitrogen and oxygen atoms in total. The Bertz CT molecular complexity index is 493. The SMILES string of the molecule is CN1C=c2cc3c(cc2=CC1)OCO3. The number of hydrogen-bond acceptors (Lipinski definition) is 3. The van der Waals surface area contributed by atoms with E-state index in [0.717, 1.165) is 18.0 Å². The van der Waals surface area contributed by atoms with E-state index in [1.165, 1.54) is 10.4 Å². The normalized spacial score (nSPS) is 17.1. The van der Waals surface area contributed by atoms with Crippen LogP contribution in [-0.2, 0) is 0 Å². The summed E-state index contributed by atoms with van der Waals surface area (Å²) in [5, 5.41) is 2.43. The number of hydrogen-bond donors (Lipinski definition) is 0. The molecule has 0 amide bonds. The second-order valence-corrected chi connectivity index (χ2v) is 3.61. The zero-order chi connectivity index (χ0) is 9.54. The van der Waals surface area contributed by atoms with Crippen LogP contribution in [0.2, 0.25) is 0 Å². The van der Waals surface area contributed by atoms with Gasteiger partial charge in [-0.3, -0.25) is 0 Å². The van der Waals surface area contributed by atoms with Crippen molar-refractivity contribution in [2.24, 2.45) is 0 Å². The third-order valence-corrected chi connectivity index (χ3v) is 2.54. The van der Waals surface area contributed by atoms with E-state index in [9.17, 15) is 0 Å². The van der Waals surface area contributed by atoms with E-state index in [-0.39, 0.29) is 0 Å². The molecule has 2 heterocycles. The lowest BCUT2D eigenvalue weighted by Gasteiger charge is -2.14. The van der Waals surface area contributed by atoms with Gasteiger partial charge in [-0.05, 0) is 17.4 Å². The molecule has 2 aliphatic rings. The quantitative estimate of drug-likeness (QED) is 0.568. The van der Waals surface area contributed by atoms with Crippen molar-refractivity contribution in [3.63, 3.8) is 0 Å². The molecule has 72 valence electrons. The first-order valence-corrected chi connectivity index (χ1v) is 4.65.